The number of amides is 1. The first-order chi connectivity index (χ1) is 6.57. The molecule has 2 rings (SSSR count). The maximum Gasteiger partial charge on any atom is 0.236 e. The monoisotopic (exact) mass is 213 g/mol. The molecule has 0 unspecified atom stereocenters. The molecule has 2 aliphatic heterocycles. The standard InChI is InChI=1S/C10H15NO2S/c1-4-7(12)8-9(13)11-5(2)6(3)14-10(8)11/h7-8,10,12H,4H2,1-3H3/t7-,8+,10+/m0/s1. The van der Waals surface area contributed by atoms with Crippen molar-refractivity contribution in [3.63, 3.8) is 0 Å². The fraction of sp³-hybridized carbons (Fsp3) is 0.700. The van der Waals surface area contributed by atoms with Gasteiger partial charge < -0.3 is 10.0 Å². The van der Waals surface area contributed by atoms with Crippen molar-refractivity contribution in [1.82, 2.24) is 4.90 Å². The zero-order valence-electron chi connectivity index (χ0n) is 8.65. The number of aliphatic hydroxyl groups is 1. The second-order valence-corrected chi connectivity index (χ2v) is 5.19. The van der Waals surface area contributed by atoms with Crippen molar-refractivity contribution in [3.05, 3.63) is 10.6 Å². The van der Waals surface area contributed by atoms with Gasteiger partial charge in [-0.05, 0) is 20.3 Å². The summed E-state index contributed by atoms with van der Waals surface area (Å²) in [6.45, 7) is 5.91. The lowest BCUT2D eigenvalue weighted by Crippen LogP contribution is -2.60. The highest BCUT2D eigenvalue weighted by Crippen LogP contribution is 2.49. The molecule has 0 aromatic rings. The third-order valence-corrected chi connectivity index (χ3v) is 4.48. The smallest absolute Gasteiger partial charge is 0.236 e. The Bertz CT molecular complexity index is 313. The van der Waals surface area contributed by atoms with Gasteiger partial charge in [0.15, 0.2) is 0 Å². The molecule has 1 saturated heterocycles. The van der Waals surface area contributed by atoms with E-state index in [9.17, 15) is 9.90 Å². The van der Waals surface area contributed by atoms with Crippen LogP contribution in [0, 0.1) is 5.92 Å². The molecule has 2 heterocycles. The summed E-state index contributed by atoms with van der Waals surface area (Å²) in [4.78, 5) is 14.7. The summed E-state index contributed by atoms with van der Waals surface area (Å²) in [6.07, 6.45) is 0.175. The van der Waals surface area contributed by atoms with E-state index in [1.165, 1.54) is 4.91 Å². The number of hydrogen-bond acceptors (Lipinski definition) is 3. The molecule has 1 N–H and O–H groups in total. The fourth-order valence-electron chi connectivity index (χ4n) is 2.01. The number of hydrogen-bond donors (Lipinski definition) is 1. The fourth-order valence-corrected chi connectivity index (χ4v) is 3.46. The lowest BCUT2D eigenvalue weighted by Gasteiger charge is -2.44. The Morgan fingerprint density at radius 2 is 2.21 bits per heavy atom. The van der Waals surface area contributed by atoms with Gasteiger partial charge in [-0.3, -0.25) is 4.79 Å². The lowest BCUT2D eigenvalue weighted by atomic mass is 9.90. The first-order valence-corrected chi connectivity index (χ1v) is 5.81. The quantitative estimate of drug-likeness (QED) is 0.707. The lowest BCUT2D eigenvalue weighted by molar-refractivity contribution is -0.153. The summed E-state index contributed by atoms with van der Waals surface area (Å²) in [5.74, 6) is -0.0939. The second-order valence-electron chi connectivity index (χ2n) is 3.86. The van der Waals surface area contributed by atoms with Crippen LogP contribution in [0.5, 0.6) is 0 Å². The third kappa shape index (κ3) is 1.13. The van der Waals surface area contributed by atoms with E-state index in [1.54, 1.807) is 11.8 Å². The molecule has 0 bridgehead atoms. The maximum atomic E-state index is 11.7. The van der Waals surface area contributed by atoms with Gasteiger partial charge in [0.2, 0.25) is 5.91 Å². The van der Waals surface area contributed by atoms with Gasteiger partial charge in [-0.2, -0.15) is 0 Å². The zero-order valence-corrected chi connectivity index (χ0v) is 9.47. The van der Waals surface area contributed by atoms with Crippen molar-refractivity contribution < 1.29 is 9.90 Å². The number of aliphatic hydroxyl groups excluding tert-OH is 1. The summed E-state index contributed by atoms with van der Waals surface area (Å²) >= 11 is 1.70. The minimum absolute atomic E-state index is 0.0891. The van der Waals surface area contributed by atoms with Gasteiger partial charge >= 0.3 is 0 Å². The average Bonchev–Trinajstić information content (AvgIpc) is 2.39. The number of fused-ring (bicyclic) bond motifs is 1. The number of β-lactam (4-membered cyclic amide) rings is 1. The van der Waals surface area contributed by atoms with E-state index in [4.69, 9.17) is 0 Å². The molecule has 0 radical (unpaired) electrons. The number of carbonyl (C=O) groups is 1. The van der Waals surface area contributed by atoms with Crippen LogP contribution in [-0.4, -0.2) is 27.4 Å². The molecule has 0 aromatic carbocycles. The predicted octanol–water partition coefficient (Wildman–Crippen LogP) is 1.54. The van der Waals surface area contributed by atoms with Crippen LogP contribution in [0.1, 0.15) is 27.2 Å². The molecule has 14 heavy (non-hydrogen) atoms. The van der Waals surface area contributed by atoms with Crippen molar-refractivity contribution in [3.8, 4) is 0 Å². The summed E-state index contributed by atoms with van der Waals surface area (Å²) < 4.78 is 0. The van der Waals surface area contributed by atoms with Crippen molar-refractivity contribution in [2.45, 2.75) is 38.7 Å². The summed E-state index contributed by atoms with van der Waals surface area (Å²) in [6, 6.07) is 0. The van der Waals surface area contributed by atoms with E-state index in [-0.39, 0.29) is 17.2 Å². The van der Waals surface area contributed by atoms with Crippen LogP contribution in [0.3, 0.4) is 0 Å². The first-order valence-electron chi connectivity index (χ1n) is 4.93. The van der Waals surface area contributed by atoms with Gasteiger partial charge in [-0.15, -0.1) is 11.8 Å². The molecular formula is C10H15NO2S. The topological polar surface area (TPSA) is 40.5 Å². The van der Waals surface area contributed by atoms with E-state index < -0.39 is 6.10 Å². The Morgan fingerprint density at radius 3 is 2.79 bits per heavy atom. The minimum Gasteiger partial charge on any atom is -0.392 e. The van der Waals surface area contributed by atoms with E-state index in [0.717, 1.165) is 5.70 Å². The highest BCUT2D eigenvalue weighted by Gasteiger charge is 2.54. The van der Waals surface area contributed by atoms with Crippen LogP contribution in [0.2, 0.25) is 0 Å². The Kier molecular flexibility index (Phi) is 2.35. The molecule has 4 heteroatoms. The molecule has 0 saturated carbocycles. The maximum absolute atomic E-state index is 11.7. The van der Waals surface area contributed by atoms with E-state index in [0.29, 0.717) is 6.42 Å². The van der Waals surface area contributed by atoms with Crippen LogP contribution >= 0.6 is 11.8 Å². The number of rotatable bonds is 2. The van der Waals surface area contributed by atoms with Crippen LogP contribution < -0.4 is 0 Å². The predicted molar refractivity (Wildman–Crippen MR) is 56.4 cm³/mol. The normalized spacial score (nSPS) is 33.1. The van der Waals surface area contributed by atoms with E-state index in [1.807, 2.05) is 25.7 Å². The summed E-state index contributed by atoms with van der Waals surface area (Å²) in [7, 11) is 0. The number of nitrogens with zero attached hydrogens (tertiary/aromatic N) is 1. The molecule has 1 amide bonds. The first kappa shape index (κ1) is 10.1. The van der Waals surface area contributed by atoms with Gasteiger partial charge in [-0.25, -0.2) is 0 Å². The van der Waals surface area contributed by atoms with E-state index in [2.05, 4.69) is 0 Å². The Balaban J connectivity index is 2.15. The van der Waals surface area contributed by atoms with Crippen LogP contribution in [0.4, 0.5) is 0 Å². The Hall–Kier alpha value is -0.480. The highest BCUT2D eigenvalue weighted by atomic mass is 32.2. The molecule has 0 spiro atoms. The molecule has 2 aliphatic rings. The second kappa shape index (κ2) is 3.28. The summed E-state index contributed by atoms with van der Waals surface area (Å²) in [5.41, 5.74) is 1.06. The third-order valence-electron chi connectivity index (χ3n) is 3.09. The highest BCUT2D eigenvalue weighted by molar-refractivity contribution is 8.04. The zero-order chi connectivity index (χ0) is 10.5. The minimum atomic E-state index is -0.477. The van der Waals surface area contributed by atoms with Crippen LogP contribution in [0.15, 0.2) is 10.6 Å². The van der Waals surface area contributed by atoms with Gasteiger partial charge in [0.25, 0.3) is 0 Å². The van der Waals surface area contributed by atoms with Gasteiger partial charge in [0.05, 0.1) is 12.0 Å². The molecule has 0 aromatic heterocycles. The largest absolute Gasteiger partial charge is 0.392 e. The van der Waals surface area contributed by atoms with E-state index >= 15 is 0 Å². The molecule has 3 atom stereocenters. The van der Waals surface area contributed by atoms with Crippen molar-refractivity contribution >= 4 is 17.7 Å². The van der Waals surface area contributed by atoms with Gasteiger partial charge in [-0.1, -0.05) is 6.92 Å². The van der Waals surface area contributed by atoms with Gasteiger partial charge in [0, 0.05) is 10.6 Å². The number of carbonyl (C=O) groups excluding carboxylic acids is 1. The summed E-state index contributed by atoms with van der Waals surface area (Å²) in [5, 5.41) is 9.85. The van der Waals surface area contributed by atoms with Crippen molar-refractivity contribution in [1.29, 1.82) is 0 Å². The Labute approximate surface area is 88.2 Å². The molecule has 0 aliphatic carbocycles. The molecule has 1 fully saturated rings. The molecular weight excluding hydrogens is 198 g/mol. The van der Waals surface area contributed by atoms with Crippen LogP contribution in [-0.2, 0) is 4.79 Å². The Morgan fingerprint density at radius 1 is 1.57 bits per heavy atom. The molecule has 3 nitrogen and oxygen atoms in total. The van der Waals surface area contributed by atoms with Crippen LogP contribution in [0.25, 0.3) is 0 Å². The SMILES string of the molecule is CC[C@H](O)[C@@H]1C(=O)N2C(C)=C(C)S[C@H]12. The average molecular weight is 213 g/mol. The number of thioether (sulfide) groups is 1. The van der Waals surface area contributed by atoms with Crippen molar-refractivity contribution in [2.24, 2.45) is 5.92 Å². The van der Waals surface area contributed by atoms with Crippen molar-refractivity contribution in [2.75, 3.05) is 0 Å². The van der Waals surface area contributed by atoms with Gasteiger partial charge in [0.1, 0.15) is 5.37 Å². The molecule has 78 valence electrons. The number of allylic oxidation sites excluding steroid dienone is 2.